The number of nitrogens with one attached hydrogen (secondary N) is 1. The third-order valence-corrected chi connectivity index (χ3v) is 3.89. The van der Waals surface area contributed by atoms with Crippen molar-refractivity contribution in [1.82, 2.24) is 4.90 Å². The summed E-state index contributed by atoms with van der Waals surface area (Å²) in [6.45, 7) is 6.42. The molecule has 25 heavy (non-hydrogen) atoms. The molecule has 0 aliphatic carbocycles. The highest BCUT2D eigenvalue weighted by atomic mass is 16.6. The van der Waals surface area contributed by atoms with Crippen LogP contribution in [0.4, 0.5) is 16.2 Å². The molecule has 0 aromatic heterocycles. The van der Waals surface area contributed by atoms with Crippen LogP contribution in [0, 0.1) is 10.1 Å². The van der Waals surface area contributed by atoms with Crippen LogP contribution in [0.15, 0.2) is 18.2 Å². The maximum atomic E-state index is 12.3. The standard InChI is InChI=1S/C17H23N3O5/c1-17(2,3)25-16(22)19-8-4-5-13(19)10-18-14-7-6-12(11-21)9-15(14)20(23)24/h6-7,9,11,13,18H,4-5,8,10H2,1-3H3/t13-/m1/s1. The number of carbonyl (C=O) groups is 2. The van der Waals surface area contributed by atoms with E-state index in [1.807, 2.05) is 20.8 Å². The number of aldehydes is 1. The molecular formula is C17H23N3O5. The predicted molar refractivity (Wildman–Crippen MR) is 92.9 cm³/mol. The molecular weight excluding hydrogens is 326 g/mol. The second-order valence-electron chi connectivity index (χ2n) is 7.00. The Morgan fingerprint density at radius 2 is 2.20 bits per heavy atom. The summed E-state index contributed by atoms with van der Waals surface area (Å²) in [5.41, 5.74) is -0.160. The molecule has 0 bridgehead atoms. The molecule has 8 nitrogen and oxygen atoms in total. The van der Waals surface area contributed by atoms with Gasteiger partial charge in [-0.1, -0.05) is 0 Å². The molecule has 1 aliphatic rings. The molecule has 1 amide bonds. The highest BCUT2D eigenvalue weighted by Crippen LogP contribution is 2.27. The Labute approximate surface area is 146 Å². The molecule has 0 unspecified atom stereocenters. The fraction of sp³-hybridized carbons (Fsp3) is 0.529. The van der Waals surface area contributed by atoms with Crippen LogP contribution >= 0.6 is 0 Å². The highest BCUT2D eigenvalue weighted by Gasteiger charge is 2.32. The quantitative estimate of drug-likeness (QED) is 0.497. The number of ether oxygens (including phenoxy) is 1. The Balaban J connectivity index is 2.06. The van der Waals surface area contributed by atoms with E-state index in [1.165, 1.54) is 18.2 Å². The van der Waals surface area contributed by atoms with Crippen LogP contribution in [0.5, 0.6) is 0 Å². The molecule has 1 aromatic carbocycles. The average Bonchev–Trinajstić information content (AvgIpc) is 2.99. The van der Waals surface area contributed by atoms with Gasteiger partial charge >= 0.3 is 6.09 Å². The van der Waals surface area contributed by atoms with E-state index < -0.39 is 10.5 Å². The first-order valence-electron chi connectivity index (χ1n) is 8.18. The van der Waals surface area contributed by atoms with Crippen molar-refractivity contribution in [3.8, 4) is 0 Å². The zero-order chi connectivity index (χ0) is 18.6. The lowest BCUT2D eigenvalue weighted by atomic mass is 10.1. The third kappa shape index (κ3) is 4.91. The Morgan fingerprint density at radius 3 is 2.80 bits per heavy atom. The van der Waals surface area contributed by atoms with Crippen LogP contribution in [0.1, 0.15) is 44.0 Å². The maximum absolute atomic E-state index is 12.3. The van der Waals surface area contributed by atoms with E-state index >= 15 is 0 Å². The summed E-state index contributed by atoms with van der Waals surface area (Å²) in [6.07, 6.45) is 1.85. The molecule has 136 valence electrons. The molecule has 8 heteroatoms. The predicted octanol–water partition coefficient (Wildman–Crippen LogP) is 3.22. The Morgan fingerprint density at radius 1 is 1.48 bits per heavy atom. The molecule has 1 fully saturated rings. The lowest BCUT2D eigenvalue weighted by molar-refractivity contribution is -0.384. The van der Waals surface area contributed by atoms with Crippen LogP contribution in [-0.2, 0) is 4.74 Å². The van der Waals surface area contributed by atoms with Gasteiger partial charge in [0.05, 0.1) is 11.0 Å². The summed E-state index contributed by atoms with van der Waals surface area (Å²) in [6, 6.07) is 4.16. The molecule has 0 spiro atoms. The number of hydrogen-bond donors (Lipinski definition) is 1. The monoisotopic (exact) mass is 349 g/mol. The van der Waals surface area contributed by atoms with Gasteiger partial charge in [-0.05, 0) is 45.7 Å². The van der Waals surface area contributed by atoms with E-state index in [1.54, 1.807) is 4.90 Å². The van der Waals surface area contributed by atoms with Crippen LogP contribution in [0.25, 0.3) is 0 Å². The second-order valence-corrected chi connectivity index (χ2v) is 7.00. The lowest BCUT2D eigenvalue weighted by Crippen LogP contribution is -2.42. The van der Waals surface area contributed by atoms with E-state index in [0.29, 0.717) is 25.1 Å². The largest absolute Gasteiger partial charge is 0.444 e. The van der Waals surface area contributed by atoms with Gasteiger partial charge in [-0.15, -0.1) is 0 Å². The molecule has 1 atom stereocenters. The van der Waals surface area contributed by atoms with Gasteiger partial charge in [-0.2, -0.15) is 0 Å². The molecule has 1 aliphatic heterocycles. The fourth-order valence-corrected chi connectivity index (χ4v) is 2.76. The van der Waals surface area contributed by atoms with Crippen LogP contribution < -0.4 is 5.32 Å². The van der Waals surface area contributed by atoms with Gasteiger partial charge in [-0.25, -0.2) is 4.79 Å². The van der Waals surface area contributed by atoms with Crippen molar-refractivity contribution < 1.29 is 19.2 Å². The zero-order valence-electron chi connectivity index (χ0n) is 14.7. The number of nitrogens with zero attached hydrogens (tertiary/aromatic N) is 2. The lowest BCUT2D eigenvalue weighted by Gasteiger charge is -2.28. The van der Waals surface area contributed by atoms with Gasteiger partial charge in [-0.3, -0.25) is 14.9 Å². The number of benzene rings is 1. The van der Waals surface area contributed by atoms with Crippen molar-refractivity contribution in [2.24, 2.45) is 0 Å². The van der Waals surface area contributed by atoms with E-state index in [9.17, 15) is 19.7 Å². The van der Waals surface area contributed by atoms with Gasteiger partial charge in [0.2, 0.25) is 0 Å². The first-order valence-corrected chi connectivity index (χ1v) is 8.18. The van der Waals surface area contributed by atoms with Gasteiger partial charge in [0.25, 0.3) is 5.69 Å². The fourth-order valence-electron chi connectivity index (χ4n) is 2.76. The van der Waals surface area contributed by atoms with Crippen molar-refractivity contribution >= 4 is 23.8 Å². The van der Waals surface area contributed by atoms with Crippen LogP contribution in [-0.4, -0.2) is 46.9 Å². The number of nitro groups is 1. The first-order chi connectivity index (χ1) is 11.7. The van der Waals surface area contributed by atoms with E-state index in [0.717, 1.165) is 12.8 Å². The minimum Gasteiger partial charge on any atom is -0.444 e. The normalized spacial score (nSPS) is 17.2. The molecule has 0 saturated carbocycles. The van der Waals surface area contributed by atoms with E-state index in [-0.39, 0.29) is 23.4 Å². The van der Waals surface area contributed by atoms with Gasteiger partial charge in [0, 0.05) is 24.7 Å². The van der Waals surface area contributed by atoms with E-state index in [4.69, 9.17) is 4.74 Å². The molecule has 2 rings (SSSR count). The number of nitro benzene ring substituents is 1. The summed E-state index contributed by atoms with van der Waals surface area (Å²) in [5.74, 6) is 0. The highest BCUT2D eigenvalue weighted by molar-refractivity contribution is 5.79. The molecule has 1 saturated heterocycles. The van der Waals surface area contributed by atoms with Crippen molar-refractivity contribution in [2.45, 2.75) is 45.3 Å². The average molecular weight is 349 g/mol. The second kappa shape index (κ2) is 7.50. The number of likely N-dealkylation sites (tertiary alicyclic amines) is 1. The van der Waals surface area contributed by atoms with Crippen LogP contribution in [0.3, 0.4) is 0 Å². The minimum absolute atomic E-state index is 0.0970. The molecule has 1 N–H and O–H groups in total. The Bertz CT molecular complexity index is 669. The van der Waals surface area contributed by atoms with Gasteiger partial charge in [0.1, 0.15) is 17.6 Å². The van der Waals surface area contributed by atoms with Crippen LogP contribution in [0.2, 0.25) is 0 Å². The summed E-state index contributed by atoms with van der Waals surface area (Å²) in [7, 11) is 0. The number of rotatable bonds is 5. The Kier molecular flexibility index (Phi) is 5.61. The zero-order valence-corrected chi connectivity index (χ0v) is 14.7. The number of carbonyl (C=O) groups excluding carboxylic acids is 2. The SMILES string of the molecule is CC(C)(C)OC(=O)N1CCC[C@@H]1CNc1ccc(C=O)cc1[N+](=O)[O-]. The Hall–Kier alpha value is -2.64. The molecule has 1 aromatic rings. The van der Waals surface area contributed by atoms with Crippen molar-refractivity contribution in [3.63, 3.8) is 0 Å². The summed E-state index contributed by atoms with van der Waals surface area (Å²) in [5, 5.41) is 14.2. The van der Waals surface area contributed by atoms with Gasteiger partial charge in [0.15, 0.2) is 0 Å². The first kappa shape index (κ1) is 18.7. The third-order valence-electron chi connectivity index (χ3n) is 3.89. The van der Waals surface area contributed by atoms with Crippen molar-refractivity contribution in [2.75, 3.05) is 18.4 Å². The smallest absolute Gasteiger partial charge is 0.410 e. The summed E-state index contributed by atoms with van der Waals surface area (Å²) < 4.78 is 5.41. The molecule has 1 heterocycles. The topological polar surface area (TPSA) is 102 Å². The summed E-state index contributed by atoms with van der Waals surface area (Å²) in [4.78, 5) is 35.4. The number of anilines is 1. The number of amides is 1. The molecule has 0 radical (unpaired) electrons. The van der Waals surface area contributed by atoms with Crippen molar-refractivity contribution in [3.05, 3.63) is 33.9 Å². The number of hydrogen-bond acceptors (Lipinski definition) is 6. The maximum Gasteiger partial charge on any atom is 0.410 e. The van der Waals surface area contributed by atoms with Gasteiger partial charge < -0.3 is 15.0 Å². The minimum atomic E-state index is -0.568. The van der Waals surface area contributed by atoms with Crippen molar-refractivity contribution in [1.29, 1.82) is 0 Å². The summed E-state index contributed by atoms with van der Waals surface area (Å²) >= 11 is 0. The van der Waals surface area contributed by atoms with E-state index in [2.05, 4.69) is 5.32 Å².